The summed E-state index contributed by atoms with van der Waals surface area (Å²) in [5, 5.41) is 13.0. The van der Waals surface area contributed by atoms with E-state index in [4.69, 9.17) is 4.74 Å². The Morgan fingerprint density at radius 2 is 1.84 bits per heavy atom. The van der Waals surface area contributed by atoms with Crippen LogP contribution in [0.4, 0.5) is 10.3 Å². The first kappa shape index (κ1) is 17.5. The third-order valence-corrected chi connectivity index (χ3v) is 5.01. The average molecular weight is 361 g/mol. The first-order chi connectivity index (χ1) is 12.3. The number of carbonyl (C=O) groups excluding carboxylic acids is 1. The molecule has 0 spiro atoms. The largest absolute Gasteiger partial charge is 0.496 e. The molecule has 1 amide bonds. The summed E-state index contributed by atoms with van der Waals surface area (Å²) in [6, 6.07) is 7.52. The number of methoxy groups -OCH3 is 1. The topological polar surface area (TPSA) is 88.2 Å². The van der Waals surface area contributed by atoms with Crippen LogP contribution < -0.4 is 20.9 Å². The third kappa shape index (κ3) is 4.82. The van der Waals surface area contributed by atoms with Crippen LogP contribution in [-0.2, 0) is 0 Å². The van der Waals surface area contributed by atoms with Gasteiger partial charge in [-0.2, -0.15) is 0 Å². The van der Waals surface area contributed by atoms with Crippen LogP contribution in [0.3, 0.4) is 0 Å². The van der Waals surface area contributed by atoms with Gasteiger partial charge in [0.05, 0.1) is 12.7 Å². The maximum atomic E-state index is 12.2. The fourth-order valence-electron chi connectivity index (χ4n) is 2.94. The summed E-state index contributed by atoms with van der Waals surface area (Å²) < 4.78 is 5.19. The van der Waals surface area contributed by atoms with E-state index in [2.05, 4.69) is 26.4 Å². The molecule has 1 aromatic carbocycles. The number of nitrogens with one attached hydrogen (secondary N) is 3. The Labute approximate surface area is 151 Å². The van der Waals surface area contributed by atoms with Crippen molar-refractivity contribution in [3.8, 4) is 5.75 Å². The third-order valence-electron chi connectivity index (χ3n) is 4.24. The van der Waals surface area contributed by atoms with Gasteiger partial charge >= 0.3 is 0 Å². The molecule has 3 rings (SSSR count). The number of para-hydroxylation sites is 1. The second-order valence-electron chi connectivity index (χ2n) is 6.02. The number of rotatable bonds is 6. The number of hydrogen-bond acceptors (Lipinski definition) is 7. The van der Waals surface area contributed by atoms with Gasteiger partial charge in [0.2, 0.25) is 10.3 Å². The molecule has 1 fully saturated rings. The van der Waals surface area contributed by atoms with Crippen LogP contribution in [0.25, 0.3) is 0 Å². The van der Waals surface area contributed by atoms with Crippen LogP contribution in [0.1, 0.15) is 48.9 Å². The Hall–Kier alpha value is -2.35. The number of benzene rings is 1. The van der Waals surface area contributed by atoms with Gasteiger partial charge < -0.3 is 10.1 Å². The van der Waals surface area contributed by atoms with E-state index in [0.29, 0.717) is 22.5 Å². The molecule has 0 atom stereocenters. The van der Waals surface area contributed by atoms with Crippen molar-refractivity contribution in [1.29, 1.82) is 0 Å². The Balaban J connectivity index is 1.53. The standard InChI is InChI=1S/C17H23N5O2S/c1-24-14-11-7-6-10-13(14)15(23)19-21-17-22-20-16(25-17)18-12-8-4-2-3-5-9-12/h6-7,10-12H,2-5,8-9H2,1H3,(H,18,20)(H,19,23)(H,21,22). The van der Waals surface area contributed by atoms with Crippen LogP contribution in [-0.4, -0.2) is 29.3 Å². The molecule has 8 heteroatoms. The second-order valence-corrected chi connectivity index (χ2v) is 7.00. The van der Waals surface area contributed by atoms with Gasteiger partial charge in [0.1, 0.15) is 5.75 Å². The average Bonchev–Trinajstić information content (AvgIpc) is 2.93. The van der Waals surface area contributed by atoms with Crippen molar-refractivity contribution in [2.24, 2.45) is 0 Å². The number of nitrogens with zero attached hydrogens (tertiary/aromatic N) is 2. The molecule has 1 heterocycles. The number of anilines is 2. The quantitative estimate of drug-likeness (QED) is 0.540. The summed E-state index contributed by atoms with van der Waals surface area (Å²) in [6.45, 7) is 0. The number of amides is 1. The number of carbonyl (C=O) groups is 1. The van der Waals surface area contributed by atoms with E-state index < -0.39 is 0 Å². The van der Waals surface area contributed by atoms with Gasteiger partial charge in [0, 0.05) is 6.04 Å². The van der Waals surface area contributed by atoms with Gasteiger partial charge in [0.15, 0.2) is 0 Å². The normalized spacial score (nSPS) is 15.2. The van der Waals surface area contributed by atoms with Crippen molar-refractivity contribution in [2.75, 3.05) is 17.9 Å². The fraction of sp³-hybridized carbons (Fsp3) is 0.471. The minimum Gasteiger partial charge on any atom is -0.496 e. The lowest BCUT2D eigenvalue weighted by Crippen LogP contribution is -2.29. The van der Waals surface area contributed by atoms with Crippen molar-refractivity contribution in [3.05, 3.63) is 29.8 Å². The van der Waals surface area contributed by atoms with Crippen LogP contribution in [0.2, 0.25) is 0 Å². The summed E-state index contributed by atoms with van der Waals surface area (Å²) >= 11 is 1.39. The molecular weight excluding hydrogens is 338 g/mol. The number of ether oxygens (including phenoxy) is 1. The highest BCUT2D eigenvalue weighted by atomic mass is 32.1. The van der Waals surface area contributed by atoms with Gasteiger partial charge in [-0.3, -0.25) is 15.6 Å². The lowest BCUT2D eigenvalue weighted by molar-refractivity contribution is 0.0959. The predicted octanol–water partition coefficient (Wildman–Crippen LogP) is 3.44. The molecule has 7 nitrogen and oxygen atoms in total. The molecule has 3 N–H and O–H groups in total. The maximum absolute atomic E-state index is 12.2. The van der Waals surface area contributed by atoms with Gasteiger partial charge in [0.25, 0.3) is 5.91 Å². The maximum Gasteiger partial charge on any atom is 0.273 e. The molecule has 1 aliphatic rings. The zero-order valence-electron chi connectivity index (χ0n) is 14.2. The Morgan fingerprint density at radius 3 is 2.60 bits per heavy atom. The van der Waals surface area contributed by atoms with Crippen molar-refractivity contribution in [3.63, 3.8) is 0 Å². The molecule has 1 aliphatic carbocycles. The number of aromatic nitrogens is 2. The minimum atomic E-state index is -0.286. The molecule has 2 aromatic rings. The van der Waals surface area contributed by atoms with Crippen molar-refractivity contribution < 1.29 is 9.53 Å². The molecule has 0 aliphatic heterocycles. The van der Waals surface area contributed by atoms with Crippen LogP contribution >= 0.6 is 11.3 Å². The fourth-order valence-corrected chi connectivity index (χ4v) is 3.61. The van der Waals surface area contributed by atoms with Crippen LogP contribution in [0.5, 0.6) is 5.75 Å². The first-order valence-electron chi connectivity index (χ1n) is 8.55. The predicted molar refractivity (Wildman–Crippen MR) is 99.1 cm³/mol. The van der Waals surface area contributed by atoms with Crippen LogP contribution in [0.15, 0.2) is 24.3 Å². The summed E-state index contributed by atoms with van der Waals surface area (Å²) in [6.07, 6.45) is 7.50. The highest BCUT2D eigenvalue weighted by Gasteiger charge is 2.15. The Morgan fingerprint density at radius 1 is 1.12 bits per heavy atom. The molecule has 0 unspecified atom stereocenters. The zero-order valence-corrected chi connectivity index (χ0v) is 15.1. The van der Waals surface area contributed by atoms with E-state index in [-0.39, 0.29) is 5.91 Å². The van der Waals surface area contributed by atoms with Crippen molar-refractivity contribution in [1.82, 2.24) is 15.6 Å². The Bertz CT molecular complexity index is 698. The van der Waals surface area contributed by atoms with Gasteiger partial charge in [-0.1, -0.05) is 49.2 Å². The minimum absolute atomic E-state index is 0.286. The van der Waals surface area contributed by atoms with Gasteiger partial charge in [-0.05, 0) is 25.0 Å². The highest BCUT2D eigenvalue weighted by Crippen LogP contribution is 2.25. The highest BCUT2D eigenvalue weighted by molar-refractivity contribution is 7.19. The molecule has 25 heavy (non-hydrogen) atoms. The smallest absolute Gasteiger partial charge is 0.273 e. The van der Waals surface area contributed by atoms with Crippen LogP contribution in [0, 0.1) is 0 Å². The van der Waals surface area contributed by atoms with Crippen molar-refractivity contribution in [2.45, 2.75) is 44.6 Å². The summed E-state index contributed by atoms with van der Waals surface area (Å²) in [7, 11) is 1.54. The SMILES string of the molecule is COc1ccccc1C(=O)NNc1nnc(NC2CCCCCC2)s1. The molecule has 1 saturated carbocycles. The van der Waals surface area contributed by atoms with E-state index in [1.54, 1.807) is 18.2 Å². The van der Waals surface area contributed by atoms with E-state index in [0.717, 1.165) is 5.13 Å². The summed E-state index contributed by atoms with van der Waals surface area (Å²) in [5.74, 6) is 0.237. The van der Waals surface area contributed by atoms with Crippen molar-refractivity contribution >= 4 is 27.5 Å². The summed E-state index contributed by atoms with van der Waals surface area (Å²) in [4.78, 5) is 12.2. The molecule has 1 aromatic heterocycles. The first-order valence-corrected chi connectivity index (χ1v) is 9.37. The molecule has 0 saturated heterocycles. The van der Waals surface area contributed by atoms with E-state index in [1.165, 1.54) is 57.0 Å². The molecule has 0 radical (unpaired) electrons. The van der Waals surface area contributed by atoms with E-state index >= 15 is 0 Å². The van der Waals surface area contributed by atoms with Gasteiger partial charge in [-0.25, -0.2) is 0 Å². The lowest BCUT2D eigenvalue weighted by atomic mass is 10.1. The molecule has 0 bridgehead atoms. The Kier molecular flexibility index (Phi) is 6.05. The molecule has 134 valence electrons. The number of hydrogen-bond donors (Lipinski definition) is 3. The van der Waals surface area contributed by atoms with E-state index in [1.807, 2.05) is 6.07 Å². The zero-order chi connectivity index (χ0) is 17.5. The second kappa shape index (κ2) is 8.66. The number of hydrazine groups is 1. The molecular formula is C17H23N5O2S. The monoisotopic (exact) mass is 361 g/mol. The van der Waals surface area contributed by atoms with E-state index in [9.17, 15) is 4.79 Å². The lowest BCUT2D eigenvalue weighted by Gasteiger charge is -2.14. The summed E-state index contributed by atoms with van der Waals surface area (Å²) in [5.41, 5.74) is 5.90. The van der Waals surface area contributed by atoms with Gasteiger partial charge in [-0.15, -0.1) is 10.2 Å².